The van der Waals surface area contributed by atoms with Crippen LogP contribution >= 0.6 is 0 Å². The first-order chi connectivity index (χ1) is 11.6. The maximum absolute atomic E-state index is 11.0. The molecule has 1 aromatic rings. The summed E-state index contributed by atoms with van der Waals surface area (Å²) in [5, 5.41) is 25.0. The number of carbonyl (C=O) groups is 1. The molecule has 7 nitrogen and oxygen atoms in total. The van der Waals surface area contributed by atoms with E-state index in [2.05, 4.69) is 15.5 Å². The van der Waals surface area contributed by atoms with Crippen LogP contribution in [0.15, 0.2) is 30.3 Å². The predicted octanol–water partition coefficient (Wildman–Crippen LogP) is 0.148. The first kappa shape index (κ1) is 18.7. The molecule has 1 amide bonds. The van der Waals surface area contributed by atoms with Crippen molar-refractivity contribution in [3.63, 3.8) is 0 Å². The lowest BCUT2D eigenvalue weighted by atomic mass is 10.0. The number of rotatable bonds is 9. The molecule has 1 saturated heterocycles. The number of morpholine rings is 1. The molecule has 1 fully saturated rings. The van der Waals surface area contributed by atoms with Gasteiger partial charge < -0.3 is 25.6 Å². The van der Waals surface area contributed by atoms with Crippen LogP contribution in [0.25, 0.3) is 0 Å². The van der Waals surface area contributed by atoms with Crippen LogP contribution in [0.3, 0.4) is 0 Å². The summed E-state index contributed by atoms with van der Waals surface area (Å²) in [7, 11) is 0. The van der Waals surface area contributed by atoms with E-state index >= 15 is 0 Å². The SMILES string of the molecule is O=C(O)N[C@@H](Cc1ccccc1)[C@H](O)CNCCN1CCOCC1. The van der Waals surface area contributed by atoms with Gasteiger partial charge in [0.05, 0.1) is 25.4 Å². The van der Waals surface area contributed by atoms with Crippen LogP contribution in [-0.2, 0) is 11.2 Å². The number of aliphatic hydroxyl groups is 1. The monoisotopic (exact) mass is 337 g/mol. The zero-order chi connectivity index (χ0) is 17.2. The average molecular weight is 337 g/mol. The van der Waals surface area contributed by atoms with E-state index in [-0.39, 0.29) is 0 Å². The molecule has 0 radical (unpaired) electrons. The van der Waals surface area contributed by atoms with Crippen molar-refractivity contribution >= 4 is 6.09 Å². The molecule has 7 heteroatoms. The third-order valence-corrected chi connectivity index (χ3v) is 4.13. The Balaban J connectivity index is 1.74. The molecule has 2 atom stereocenters. The maximum atomic E-state index is 11.0. The highest BCUT2D eigenvalue weighted by Gasteiger charge is 2.21. The molecular weight excluding hydrogens is 310 g/mol. The largest absolute Gasteiger partial charge is 0.465 e. The van der Waals surface area contributed by atoms with Crippen molar-refractivity contribution in [3.05, 3.63) is 35.9 Å². The second-order valence-corrected chi connectivity index (χ2v) is 5.97. The van der Waals surface area contributed by atoms with E-state index in [0.29, 0.717) is 13.0 Å². The Bertz CT molecular complexity index is 480. The van der Waals surface area contributed by atoms with Crippen LogP contribution in [0.2, 0.25) is 0 Å². The van der Waals surface area contributed by atoms with Crippen LogP contribution < -0.4 is 10.6 Å². The molecule has 24 heavy (non-hydrogen) atoms. The van der Waals surface area contributed by atoms with Gasteiger partial charge in [-0.15, -0.1) is 0 Å². The van der Waals surface area contributed by atoms with E-state index < -0.39 is 18.2 Å². The molecule has 1 aliphatic rings. The zero-order valence-electron chi connectivity index (χ0n) is 13.9. The minimum absolute atomic E-state index is 0.349. The zero-order valence-corrected chi connectivity index (χ0v) is 13.9. The summed E-state index contributed by atoms with van der Waals surface area (Å²) < 4.78 is 5.30. The molecule has 0 aliphatic carbocycles. The fraction of sp³-hybridized carbons (Fsp3) is 0.588. The first-order valence-electron chi connectivity index (χ1n) is 8.37. The third-order valence-electron chi connectivity index (χ3n) is 4.13. The summed E-state index contributed by atoms with van der Waals surface area (Å²) in [5.74, 6) is 0. The van der Waals surface area contributed by atoms with Crippen molar-refractivity contribution in [3.8, 4) is 0 Å². The Morgan fingerprint density at radius 2 is 1.96 bits per heavy atom. The number of carboxylic acid groups (broad SMARTS) is 1. The molecule has 0 spiro atoms. The van der Waals surface area contributed by atoms with Crippen molar-refractivity contribution < 1.29 is 19.7 Å². The van der Waals surface area contributed by atoms with Gasteiger partial charge in [-0.2, -0.15) is 0 Å². The van der Waals surface area contributed by atoms with Gasteiger partial charge in [0.15, 0.2) is 0 Å². The Labute approximate surface area is 142 Å². The van der Waals surface area contributed by atoms with Crippen molar-refractivity contribution in [2.24, 2.45) is 0 Å². The summed E-state index contributed by atoms with van der Waals surface area (Å²) in [6, 6.07) is 9.03. The summed E-state index contributed by atoms with van der Waals surface area (Å²) in [4.78, 5) is 13.3. The average Bonchev–Trinajstić information content (AvgIpc) is 2.59. The second-order valence-electron chi connectivity index (χ2n) is 5.97. The van der Waals surface area contributed by atoms with E-state index in [1.165, 1.54) is 0 Å². The molecule has 0 unspecified atom stereocenters. The number of nitrogens with one attached hydrogen (secondary N) is 2. The predicted molar refractivity (Wildman–Crippen MR) is 91.2 cm³/mol. The topological polar surface area (TPSA) is 94.1 Å². The van der Waals surface area contributed by atoms with Gasteiger partial charge in [0, 0.05) is 32.7 Å². The second kappa shape index (κ2) is 10.2. The number of amides is 1. The van der Waals surface area contributed by atoms with Crippen LogP contribution in [0.4, 0.5) is 4.79 Å². The Kier molecular flexibility index (Phi) is 7.97. The minimum Gasteiger partial charge on any atom is -0.465 e. The van der Waals surface area contributed by atoms with Gasteiger partial charge in [0.25, 0.3) is 0 Å². The molecule has 4 N–H and O–H groups in total. The highest BCUT2D eigenvalue weighted by atomic mass is 16.5. The number of benzene rings is 1. The number of aliphatic hydroxyl groups excluding tert-OH is 1. The van der Waals surface area contributed by atoms with Gasteiger partial charge in [0.2, 0.25) is 0 Å². The Morgan fingerprint density at radius 1 is 1.25 bits per heavy atom. The molecule has 0 aromatic heterocycles. The highest BCUT2D eigenvalue weighted by molar-refractivity contribution is 5.65. The van der Waals surface area contributed by atoms with Crippen LogP contribution in [0, 0.1) is 0 Å². The molecule has 2 rings (SSSR count). The summed E-state index contributed by atoms with van der Waals surface area (Å²) in [5.41, 5.74) is 0.989. The van der Waals surface area contributed by atoms with Gasteiger partial charge in [-0.05, 0) is 12.0 Å². The fourth-order valence-electron chi connectivity index (χ4n) is 2.76. The first-order valence-corrected chi connectivity index (χ1v) is 8.37. The van der Waals surface area contributed by atoms with Gasteiger partial charge in [-0.25, -0.2) is 4.79 Å². The van der Waals surface area contributed by atoms with Gasteiger partial charge >= 0.3 is 6.09 Å². The Morgan fingerprint density at radius 3 is 2.62 bits per heavy atom. The molecule has 0 saturated carbocycles. The van der Waals surface area contributed by atoms with Crippen LogP contribution in [-0.4, -0.2) is 79.3 Å². The lowest BCUT2D eigenvalue weighted by molar-refractivity contribution is 0.0378. The van der Waals surface area contributed by atoms with Crippen molar-refractivity contribution in [2.45, 2.75) is 18.6 Å². The molecule has 1 aromatic carbocycles. The smallest absolute Gasteiger partial charge is 0.404 e. The number of ether oxygens (including phenoxy) is 1. The summed E-state index contributed by atoms with van der Waals surface area (Å²) in [6.45, 7) is 5.40. The maximum Gasteiger partial charge on any atom is 0.404 e. The van der Waals surface area contributed by atoms with E-state index in [0.717, 1.165) is 45.0 Å². The molecule has 0 bridgehead atoms. The van der Waals surface area contributed by atoms with E-state index in [1.54, 1.807) is 0 Å². The quantitative estimate of drug-likeness (QED) is 0.479. The standard InChI is InChI=1S/C17H27N3O4/c21-16(13-18-6-7-20-8-10-24-11-9-20)15(19-17(22)23)12-14-4-2-1-3-5-14/h1-5,15-16,18-19,21H,6-13H2,(H,22,23)/t15-,16+/m0/s1. The van der Waals surface area contributed by atoms with E-state index in [4.69, 9.17) is 9.84 Å². The number of nitrogens with zero attached hydrogens (tertiary/aromatic N) is 1. The molecular formula is C17H27N3O4. The molecule has 134 valence electrons. The Hall–Kier alpha value is -1.67. The van der Waals surface area contributed by atoms with E-state index in [9.17, 15) is 9.90 Å². The van der Waals surface area contributed by atoms with Crippen LogP contribution in [0.5, 0.6) is 0 Å². The lowest BCUT2D eigenvalue weighted by Gasteiger charge is -2.27. The van der Waals surface area contributed by atoms with Crippen molar-refractivity contribution in [1.82, 2.24) is 15.5 Å². The van der Waals surface area contributed by atoms with Gasteiger partial charge in [0.1, 0.15) is 0 Å². The normalized spacial score (nSPS) is 18.0. The van der Waals surface area contributed by atoms with Crippen molar-refractivity contribution in [2.75, 3.05) is 45.9 Å². The lowest BCUT2D eigenvalue weighted by Crippen LogP contribution is -2.49. The minimum atomic E-state index is -1.12. The van der Waals surface area contributed by atoms with Gasteiger partial charge in [-0.3, -0.25) is 4.90 Å². The molecule has 1 heterocycles. The third kappa shape index (κ3) is 6.84. The number of hydrogen-bond donors (Lipinski definition) is 4. The molecule has 1 aliphatic heterocycles. The fourth-order valence-corrected chi connectivity index (χ4v) is 2.76. The summed E-state index contributed by atoms with van der Waals surface area (Å²) in [6.07, 6.45) is -1.45. The van der Waals surface area contributed by atoms with E-state index in [1.807, 2.05) is 30.3 Å². The summed E-state index contributed by atoms with van der Waals surface area (Å²) >= 11 is 0. The highest BCUT2D eigenvalue weighted by Crippen LogP contribution is 2.06. The number of hydrogen-bond acceptors (Lipinski definition) is 5. The van der Waals surface area contributed by atoms with Crippen molar-refractivity contribution in [1.29, 1.82) is 0 Å². The van der Waals surface area contributed by atoms with Gasteiger partial charge in [-0.1, -0.05) is 30.3 Å². The van der Waals surface area contributed by atoms with Crippen LogP contribution in [0.1, 0.15) is 5.56 Å².